The molecule has 2 aromatic carbocycles. The van der Waals surface area contributed by atoms with E-state index in [0.717, 1.165) is 16.7 Å². The van der Waals surface area contributed by atoms with Gasteiger partial charge in [0.15, 0.2) is 0 Å². The van der Waals surface area contributed by atoms with Crippen LogP contribution in [-0.4, -0.2) is 31.5 Å². The summed E-state index contributed by atoms with van der Waals surface area (Å²) in [5.41, 5.74) is 3.39. The zero-order valence-electron chi connectivity index (χ0n) is 17.3. The Kier molecular flexibility index (Phi) is 4.95. The number of aromatic nitrogens is 4. The standard InChI is InChI=1S/C23H22N4O3/c1-15-20(19-14-24-17-12-8-9-13-18(17)25-19)21(29-22(28)30-23(2,3)4)27(26-15)16-10-6-5-7-11-16/h5-14H,1-4H3. The Morgan fingerprint density at radius 1 is 0.967 bits per heavy atom. The lowest BCUT2D eigenvalue weighted by Crippen LogP contribution is -2.26. The summed E-state index contributed by atoms with van der Waals surface area (Å²) in [6.07, 6.45) is 0.846. The van der Waals surface area contributed by atoms with Gasteiger partial charge in [-0.1, -0.05) is 30.3 Å². The molecule has 0 aliphatic carbocycles. The van der Waals surface area contributed by atoms with Gasteiger partial charge >= 0.3 is 6.16 Å². The van der Waals surface area contributed by atoms with E-state index in [4.69, 9.17) is 14.5 Å². The fraction of sp³-hybridized carbons (Fsp3) is 0.217. The average molecular weight is 402 g/mol. The van der Waals surface area contributed by atoms with Crippen molar-refractivity contribution in [1.82, 2.24) is 19.7 Å². The fourth-order valence-corrected chi connectivity index (χ4v) is 3.07. The Morgan fingerprint density at radius 3 is 2.33 bits per heavy atom. The smallest absolute Gasteiger partial charge is 0.428 e. The van der Waals surface area contributed by atoms with Gasteiger partial charge in [-0.05, 0) is 52.0 Å². The Labute approximate surface area is 174 Å². The van der Waals surface area contributed by atoms with Crippen molar-refractivity contribution in [2.24, 2.45) is 0 Å². The maximum atomic E-state index is 12.5. The molecule has 0 saturated carbocycles. The number of hydrogen-bond acceptors (Lipinski definition) is 6. The fourth-order valence-electron chi connectivity index (χ4n) is 3.07. The summed E-state index contributed by atoms with van der Waals surface area (Å²) in [7, 11) is 0. The van der Waals surface area contributed by atoms with Gasteiger partial charge in [-0.2, -0.15) is 9.78 Å². The van der Waals surface area contributed by atoms with Crippen LogP contribution in [0.3, 0.4) is 0 Å². The second-order valence-corrected chi connectivity index (χ2v) is 7.82. The summed E-state index contributed by atoms with van der Waals surface area (Å²) in [4.78, 5) is 21.7. The predicted molar refractivity (Wildman–Crippen MR) is 114 cm³/mol. The largest absolute Gasteiger partial charge is 0.515 e. The molecule has 0 amide bonds. The van der Waals surface area contributed by atoms with Gasteiger partial charge in [-0.3, -0.25) is 4.98 Å². The zero-order valence-corrected chi connectivity index (χ0v) is 17.3. The molecule has 0 atom stereocenters. The van der Waals surface area contributed by atoms with Crippen LogP contribution in [0, 0.1) is 6.92 Å². The number of carbonyl (C=O) groups excluding carboxylic acids is 1. The van der Waals surface area contributed by atoms with Crippen LogP contribution in [0.1, 0.15) is 26.5 Å². The van der Waals surface area contributed by atoms with E-state index in [1.54, 1.807) is 31.6 Å². The first-order valence-electron chi connectivity index (χ1n) is 9.60. The van der Waals surface area contributed by atoms with Crippen LogP contribution in [0.4, 0.5) is 4.79 Å². The third-order valence-electron chi connectivity index (χ3n) is 4.29. The van der Waals surface area contributed by atoms with Crippen molar-refractivity contribution in [2.75, 3.05) is 0 Å². The monoisotopic (exact) mass is 402 g/mol. The molecule has 7 nitrogen and oxygen atoms in total. The van der Waals surface area contributed by atoms with E-state index in [1.165, 1.54) is 0 Å². The van der Waals surface area contributed by atoms with Gasteiger partial charge in [0.05, 0.1) is 39.9 Å². The van der Waals surface area contributed by atoms with E-state index in [-0.39, 0.29) is 5.88 Å². The van der Waals surface area contributed by atoms with Gasteiger partial charge in [0.2, 0.25) is 5.88 Å². The number of fused-ring (bicyclic) bond motifs is 1. The van der Waals surface area contributed by atoms with Gasteiger partial charge in [0.25, 0.3) is 0 Å². The highest BCUT2D eigenvalue weighted by Gasteiger charge is 2.26. The van der Waals surface area contributed by atoms with Crippen molar-refractivity contribution in [3.8, 4) is 22.8 Å². The van der Waals surface area contributed by atoms with Crippen LogP contribution in [0.5, 0.6) is 5.88 Å². The highest BCUT2D eigenvalue weighted by molar-refractivity contribution is 5.80. The Hall–Kier alpha value is -3.74. The first-order chi connectivity index (χ1) is 14.3. The number of aryl methyl sites for hydroxylation is 1. The number of hydrogen-bond donors (Lipinski definition) is 0. The van der Waals surface area contributed by atoms with E-state index in [1.807, 2.05) is 61.5 Å². The van der Waals surface area contributed by atoms with Gasteiger partial charge in [0.1, 0.15) is 5.60 Å². The number of ether oxygens (including phenoxy) is 2. The third kappa shape index (κ3) is 4.00. The van der Waals surface area contributed by atoms with E-state index in [2.05, 4.69) is 10.1 Å². The molecule has 4 rings (SSSR count). The van der Waals surface area contributed by atoms with Gasteiger partial charge in [-0.15, -0.1) is 0 Å². The first-order valence-corrected chi connectivity index (χ1v) is 9.60. The van der Waals surface area contributed by atoms with Crippen molar-refractivity contribution < 1.29 is 14.3 Å². The van der Waals surface area contributed by atoms with Crippen molar-refractivity contribution >= 4 is 17.2 Å². The molecule has 0 unspecified atom stereocenters. The van der Waals surface area contributed by atoms with Crippen molar-refractivity contribution in [2.45, 2.75) is 33.3 Å². The van der Waals surface area contributed by atoms with Crippen LogP contribution in [0.2, 0.25) is 0 Å². The molecule has 4 aromatic rings. The second kappa shape index (κ2) is 7.59. The van der Waals surface area contributed by atoms with Crippen molar-refractivity contribution in [3.63, 3.8) is 0 Å². The van der Waals surface area contributed by atoms with Crippen LogP contribution >= 0.6 is 0 Å². The number of nitrogens with zero attached hydrogens (tertiary/aromatic N) is 4. The van der Waals surface area contributed by atoms with Crippen LogP contribution < -0.4 is 4.74 Å². The Balaban J connectivity index is 1.86. The molecule has 0 aliphatic heterocycles. The molecule has 0 bridgehead atoms. The maximum Gasteiger partial charge on any atom is 0.515 e. The normalized spacial score (nSPS) is 11.5. The summed E-state index contributed by atoms with van der Waals surface area (Å²) in [6.45, 7) is 7.19. The van der Waals surface area contributed by atoms with Gasteiger partial charge in [0, 0.05) is 0 Å². The second-order valence-electron chi connectivity index (χ2n) is 7.82. The molecular formula is C23H22N4O3. The number of benzene rings is 2. The highest BCUT2D eigenvalue weighted by Crippen LogP contribution is 2.35. The minimum absolute atomic E-state index is 0.234. The minimum Gasteiger partial charge on any atom is -0.428 e. The van der Waals surface area contributed by atoms with E-state index >= 15 is 0 Å². The molecule has 2 aromatic heterocycles. The van der Waals surface area contributed by atoms with E-state index in [0.29, 0.717) is 17.0 Å². The number of carbonyl (C=O) groups is 1. The molecule has 152 valence electrons. The molecule has 30 heavy (non-hydrogen) atoms. The lowest BCUT2D eigenvalue weighted by Gasteiger charge is -2.19. The zero-order chi connectivity index (χ0) is 21.3. The van der Waals surface area contributed by atoms with Crippen molar-refractivity contribution in [1.29, 1.82) is 0 Å². The molecule has 0 aliphatic rings. The summed E-state index contributed by atoms with van der Waals surface area (Å²) < 4.78 is 12.6. The summed E-state index contributed by atoms with van der Waals surface area (Å²) >= 11 is 0. The maximum absolute atomic E-state index is 12.5. The van der Waals surface area contributed by atoms with Crippen molar-refractivity contribution in [3.05, 3.63) is 66.5 Å². The van der Waals surface area contributed by atoms with Gasteiger partial charge < -0.3 is 9.47 Å². The third-order valence-corrected chi connectivity index (χ3v) is 4.29. The predicted octanol–water partition coefficient (Wildman–Crippen LogP) is 5.10. The SMILES string of the molecule is Cc1nn(-c2ccccc2)c(OC(=O)OC(C)(C)C)c1-c1cnc2ccccc2n1. The van der Waals surface area contributed by atoms with Crippen LogP contribution in [-0.2, 0) is 4.74 Å². The molecule has 2 heterocycles. The lowest BCUT2D eigenvalue weighted by atomic mass is 10.2. The van der Waals surface area contributed by atoms with Crippen LogP contribution in [0.25, 0.3) is 28.0 Å². The molecule has 0 fully saturated rings. The highest BCUT2D eigenvalue weighted by atomic mass is 16.7. The molecule has 0 saturated heterocycles. The summed E-state index contributed by atoms with van der Waals surface area (Å²) in [5, 5.41) is 4.60. The molecule has 0 radical (unpaired) electrons. The molecular weight excluding hydrogens is 380 g/mol. The topological polar surface area (TPSA) is 79.1 Å². The minimum atomic E-state index is -0.811. The Bertz CT molecular complexity index is 1210. The molecule has 7 heteroatoms. The summed E-state index contributed by atoms with van der Waals surface area (Å²) in [5.74, 6) is 0.234. The summed E-state index contributed by atoms with van der Waals surface area (Å²) in [6, 6.07) is 17.0. The quantitative estimate of drug-likeness (QED) is 0.443. The van der Waals surface area contributed by atoms with E-state index < -0.39 is 11.8 Å². The molecule has 0 N–H and O–H groups in total. The first kappa shape index (κ1) is 19.6. The lowest BCUT2D eigenvalue weighted by molar-refractivity contribution is 0.0193. The van der Waals surface area contributed by atoms with Crippen LogP contribution in [0.15, 0.2) is 60.8 Å². The molecule has 0 spiro atoms. The number of rotatable bonds is 3. The van der Waals surface area contributed by atoms with E-state index in [9.17, 15) is 4.79 Å². The average Bonchev–Trinajstić information content (AvgIpc) is 3.02. The Morgan fingerprint density at radius 2 is 1.63 bits per heavy atom. The van der Waals surface area contributed by atoms with Gasteiger partial charge in [-0.25, -0.2) is 9.78 Å². The number of para-hydroxylation sites is 3.